The molecule has 1 aromatic rings. The van der Waals surface area contributed by atoms with Crippen molar-refractivity contribution in [3.05, 3.63) is 29.6 Å². The van der Waals surface area contributed by atoms with Crippen LogP contribution in [0, 0.1) is 5.82 Å². The fraction of sp³-hybridized carbons (Fsp3) is 0.333. The van der Waals surface area contributed by atoms with E-state index in [2.05, 4.69) is 10.6 Å². The summed E-state index contributed by atoms with van der Waals surface area (Å²) in [5.41, 5.74) is 5.77. The first-order valence-electron chi connectivity index (χ1n) is 5.69. The molecule has 1 aliphatic rings. The third-order valence-corrected chi connectivity index (χ3v) is 2.84. The van der Waals surface area contributed by atoms with Crippen molar-refractivity contribution in [2.24, 2.45) is 0 Å². The Morgan fingerprint density at radius 1 is 1.50 bits per heavy atom. The molecule has 0 aromatic heterocycles. The molecule has 1 aromatic carbocycles. The minimum atomic E-state index is -0.610. The summed E-state index contributed by atoms with van der Waals surface area (Å²) >= 11 is 0. The number of nitrogen functional groups attached to an aromatic ring is 1. The Labute approximate surface area is 104 Å². The predicted octanol–water partition coefficient (Wildman–Crippen LogP) is 0.416. The summed E-state index contributed by atoms with van der Waals surface area (Å²) in [6.45, 7) is 0.370. The van der Waals surface area contributed by atoms with Crippen LogP contribution in [0.2, 0.25) is 0 Å². The molecular weight excluding hydrogens is 237 g/mol. The van der Waals surface area contributed by atoms with E-state index in [9.17, 15) is 14.0 Å². The van der Waals surface area contributed by atoms with E-state index < -0.39 is 11.7 Å². The lowest BCUT2D eigenvalue weighted by Crippen LogP contribution is -2.47. The van der Waals surface area contributed by atoms with Gasteiger partial charge in [-0.3, -0.25) is 9.59 Å². The van der Waals surface area contributed by atoms with Crippen LogP contribution in [0.4, 0.5) is 10.1 Å². The number of nitrogens with one attached hydrogen (secondary N) is 2. The predicted molar refractivity (Wildman–Crippen MR) is 64.3 cm³/mol. The molecule has 2 amide bonds. The molecule has 1 fully saturated rings. The van der Waals surface area contributed by atoms with E-state index in [4.69, 9.17) is 5.73 Å². The number of benzene rings is 1. The quantitative estimate of drug-likeness (QED) is 0.666. The molecule has 5 nitrogen and oxygen atoms in total. The van der Waals surface area contributed by atoms with E-state index >= 15 is 0 Å². The van der Waals surface area contributed by atoms with Gasteiger partial charge in [-0.2, -0.15) is 0 Å². The number of carbonyl (C=O) groups is 2. The summed E-state index contributed by atoms with van der Waals surface area (Å²) < 4.78 is 13.5. The smallest absolute Gasteiger partial charge is 0.254 e. The highest BCUT2D eigenvalue weighted by Crippen LogP contribution is 2.13. The highest BCUT2D eigenvalue weighted by Gasteiger charge is 2.21. The molecular formula is C12H14FN3O2. The fourth-order valence-electron chi connectivity index (χ4n) is 1.84. The number of rotatable bonds is 2. The topological polar surface area (TPSA) is 84.2 Å². The van der Waals surface area contributed by atoms with Crippen LogP contribution in [0.1, 0.15) is 23.2 Å². The molecule has 1 aliphatic heterocycles. The number of hydrogen-bond donors (Lipinski definition) is 3. The lowest BCUT2D eigenvalue weighted by Gasteiger charge is -2.23. The van der Waals surface area contributed by atoms with Crippen LogP contribution in [-0.2, 0) is 4.79 Å². The van der Waals surface area contributed by atoms with Gasteiger partial charge in [0.25, 0.3) is 5.91 Å². The normalized spacial score (nSPS) is 19.2. The van der Waals surface area contributed by atoms with Crippen molar-refractivity contribution in [1.82, 2.24) is 10.6 Å². The third kappa shape index (κ3) is 2.77. The maximum absolute atomic E-state index is 13.5. The highest BCUT2D eigenvalue weighted by atomic mass is 19.1. The van der Waals surface area contributed by atoms with Gasteiger partial charge in [0.15, 0.2) is 0 Å². The van der Waals surface area contributed by atoms with E-state index in [1.165, 1.54) is 12.1 Å². The second-order valence-corrected chi connectivity index (χ2v) is 4.25. The molecule has 4 N–H and O–H groups in total. The minimum absolute atomic E-state index is 0.0318. The van der Waals surface area contributed by atoms with E-state index in [1.807, 2.05) is 0 Å². The average Bonchev–Trinajstić information content (AvgIpc) is 2.35. The lowest BCUT2D eigenvalue weighted by atomic mass is 10.1. The Bertz CT molecular complexity index is 480. The molecule has 18 heavy (non-hydrogen) atoms. The molecule has 6 heteroatoms. The van der Waals surface area contributed by atoms with Gasteiger partial charge in [0.1, 0.15) is 5.82 Å². The molecule has 0 radical (unpaired) electrons. The Hall–Kier alpha value is -2.11. The van der Waals surface area contributed by atoms with Crippen molar-refractivity contribution in [3.8, 4) is 0 Å². The second-order valence-electron chi connectivity index (χ2n) is 4.25. The molecule has 0 bridgehead atoms. The zero-order valence-corrected chi connectivity index (χ0v) is 9.70. The van der Waals surface area contributed by atoms with Gasteiger partial charge in [-0.25, -0.2) is 4.39 Å². The molecule has 1 saturated heterocycles. The van der Waals surface area contributed by atoms with Gasteiger partial charge in [-0.05, 0) is 24.6 Å². The standard InChI is InChI=1S/C12H14FN3O2/c13-10-3-1-7(14)5-9(10)12(18)16-8-2-4-11(17)15-6-8/h1,3,5,8H,2,4,6,14H2,(H,15,17)(H,16,18). The van der Waals surface area contributed by atoms with Crippen LogP contribution in [0.5, 0.6) is 0 Å². The number of piperidine rings is 1. The van der Waals surface area contributed by atoms with Crippen molar-refractivity contribution >= 4 is 17.5 Å². The third-order valence-electron chi connectivity index (χ3n) is 2.84. The Kier molecular flexibility index (Phi) is 3.45. The number of amides is 2. The van der Waals surface area contributed by atoms with E-state index in [0.717, 1.165) is 6.07 Å². The zero-order chi connectivity index (χ0) is 13.1. The number of hydrogen-bond acceptors (Lipinski definition) is 3. The zero-order valence-electron chi connectivity index (χ0n) is 9.70. The van der Waals surface area contributed by atoms with Crippen LogP contribution in [0.3, 0.4) is 0 Å². The molecule has 0 saturated carbocycles. The maximum Gasteiger partial charge on any atom is 0.254 e. The monoisotopic (exact) mass is 251 g/mol. The van der Waals surface area contributed by atoms with Crippen LogP contribution in [-0.4, -0.2) is 24.4 Å². The largest absolute Gasteiger partial charge is 0.399 e. The van der Waals surface area contributed by atoms with E-state index in [0.29, 0.717) is 25.1 Å². The SMILES string of the molecule is Nc1ccc(F)c(C(=O)NC2CCC(=O)NC2)c1. The van der Waals surface area contributed by atoms with Crippen molar-refractivity contribution < 1.29 is 14.0 Å². The molecule has 1 atom stereocenters. The molecule has 96 valence electrons. The number of halogens is 1. The van der Waals surface area contributed by atoms with Crippen molar-refractivity contribution in [2.45, 2.75) is 18.9 Å². The second kappa shape index (κ2) is 5.03. The molecule has 0 aliphatic carbocycles. The first-order chi connectivity index (χ1) is 8.56. The van der Waals surface area contributed by atoms with Gasteiger partial charge >= 0.3 is 0 Å². The van der Waals surface area contributed by atoms with Gasteiger partial charge < -0.3 is 16.4 Å². The first kappa shape index (κ1) is 12.3. The van der Waals surface area contributed by atoms with Crippen molar-refractivity contribution in [3.63, 3.8) is 0 Å². The van der Waals surface area contributed by atoms with E-state index in [-0.39, 0.29) is 17.5 Å². The van der Waals surface area contributed by atoms with Gasteiger partial charge in [-0.1, -0.05) is 0 Å². The highest BCUT2D eigenvalue weighted by molar-refractivity contribution is 5.95. The van der Waals surface area contributed by atoms with E-state index in [1.54, 1.807) is 0 Å². The number of nitrogens with two attached hydrogens (primary N) is 1. The Balaban J connectivity index is 2.03. The lowest BCUT2D eigenvalue weighted by molar-refractivity contribution is -0.122. The van der Waals surface area contributed by atoms with Crippen LogP contribution in [0.25, 0.3) is 0 Å². The molecule has 1 unspecified atom stereocenters. The number of anilines is 1. The van der Waals surface area contributed by atoms with Crippen LogP contribution in [0.15, 0.2) is 18.2 Å². The first-order valence-corrected chi connectivity index (χ1v) is 5.69. The summed E-state index contributed by atoms with van der Waals surface area (Å²) in [5, 5.41) is 5.32. The maximum atomic E-state index is 13.5. The van der Waals surface area contributed by atoms with Gasteiger partial charge in [0.2, 0.25) is 5.91 Å². The van der Waals surface area contributed by atoms with Crippen LogP contribution < -0.4 is 16.4 Å². The molecule has 2 rings (SSSR count). The Morgan fingerprint density at radius 3 is 2.94 bits per heavy atom. The van der Waals surface area contributed by atoms with Gasteiger partial charge in [0, 0.05) is 24.7 Å². The molecule has 0 spiro atoms. The summed E-state index contributed by atoms with van der Waals surface area (Å²) in [4.78, 5) is 22.8. The Morgan fingerprint density at radius 2 is 2.28 bits per heavy atom. The summed E-state index contributed by atoms with van der Waals surface area (Å²) in [6, 6.07) is 3.68. The van der Waals surface area contributed by atoms with Crippen molar-refractivity contribution in [1.29, 1.82) is 0 Å². The summed E-state index contributed by atoms with van der Waals surface area (Å²) in [5.74, 6) is -1.15. The van der Waals surface area contributed by atoms with Crippen LogP contribution >= 0.6 is 0 Å². The minimum Gasteiger partial charge on any atom is -0.399 e. The fourth-order valence-corrected chi connectivity index (χ4v) is 1.84. The summed E-state index contributed by atoms with van der Waals surface area (Å²) in [6.07, 6.45) is 0.922. The average molecular weight is 251 g/mol. The summed E-state index contributed by atoms with van der Waals surface area (Å²) in [7, 11) is 0. The number of carbonyl (C=O) groups excluding carboxylic acids is 2. The molecule has 1 heterocycles. The van der Waals surface area contributed by atoms with Gasteiger partial charge in [-0.15, -0.1) is 0 Å². The van der Waals surface area contributed by atoms with Crippen molar-refractivity contribution in [2.75, 3.05) is 12.3 Å². The van der Waals surface area contributed by atoms with Gasteiger partial charge in [0.05, 0.1) is 5.56 Å².